The fourth-order valence-corrected chi connectivity index (χ4v) is 3.60. The minimum absolute atomic E-state index is 0. The number of rotatable bonds is 19. The van der Waals surface area contributed by atoms with Crippen LogP contribution >= 0.6 is 0 Å². The van der Waals surface area contributed by atoms with Gasteiger partial charge in [-0.15, -0.1) is 0 Å². The zero-order valence-electron chi connectivity index (χ0n) is 19.6. The molecule has 0 aliphatic heterocycles. The van der Waals surface area contributed by atoms with E-state index in [0.717, 1.165) is 19.3 Å². The van der Waals surface area contributed by atoms with Gasteiger partial charge in [-0.2, -0.15) is 0 Å². The van der Waals surface area contributed by atoms with Gasteiger partial charge in [0.15, 0.2) is 5.25 Å². The van der Waals surface area contributed by atoms with Crippen molar-refractivity contribution in [3.05, 3.63) is 12.2 Å². The number of hydrogen-bond acceptors (Lipinski definition) is 7. The van der Waals surface area contributed by atoms with Crippen molar-refractivity contribution in [2.45, 2.75) is 103 Å². The summed E-state index contributed by atoms with van der Waals surface area (Å²) in [5.41, 5.74) is 0. The third-order valence-corrected chi connectivity index (χ3v) is 5.84. The Labute approximate surface area is 210 Å². The summed E-state index contributed by atoms with van der Waals surface area (Å²) in [5, 5.41) is -2.06. The maximum Gasteiger partial charge on any atom is 1.00 e. The SMILES string of the molecule is C/C=C/COC(=O)CC(C(=O)OCCCCCCCCCCCCCC)S(=O)(=O)[O-].[Na+]. The number of hydrogen-bond donors (Lipinski definition) is 0. The van der Waals surface area contributed by atoms with Crippen molar-refractivity contribution in [2.24, 2.45) is 0 Å². The minimum atomic E-state index is -5.00. The van der Waals surface area contributed by atoms with Gasteiger partial charge in [-0.25, -0.2) is 8.42 Å². The van der Waals surface area contributed by atoms with Crippen LogP contribution in [-0.4, -0.2) is 43.4 Å². The van der Waals surface area contributed by atoms with E-state index in [2.05, 4.69) is 6.92 Å². The van der Waals surface area contributed by atoms with Crippen molar-refractivity contribution < 1.29 is 61.6 Å². The number of allylic oxidation sites excluding steroid dienone is 1. The van der Waals surface area contributed by atoms with E-state index in [9.17, 15) is 22.6 Å². The molecule has 9 heteroatoms. The van der Waals surface area contributed by atoms with Crippen LogP contribution in [-0.2, 0) is 29.2 Å². The molecule has 0 saturated carbocycles. The first-order valence-electron chi connectivity index (χ1n) is 11.2. The quantitative estimate of drug-likeness (QED) is 0.0928. The molecule has 0 heterocycles. The minimum Gasteiger partial charge on any atom is -0.747 e. The van der Waals surface area contributed by atoms with E-state index in [1.165, 1.54) is 51.4 Å². The van der Waals surface area contributed by atoms with Gasteiger partial charge < -0.3 is 14.0 Å². The molecular formula is C22H39NaO7S. The first-order valence-corrected chi connectivity index (χ1v) is 12.7. The molecule has 0 aromatic heterocycles. The molecule has 0 rings (SSSR count). The van der Waals surface area contributed by atoms with E-state index in [0.29, 0.717) is 6.42 Å². The van der Waals surface area contributed by atoms with Gasteiger partial charge in [0.25, 0.3) is 0 Å². The molecule has 0 N–H and O–H groups in total. The van der Waals surface area contributed by atoms with Crippen molar-refractivity contribution >= 4 is 22.1 Å². The molecular weight excluding hydrogens is 431 g/mol. The molecule has 0 aromatic carbocycles. The van der Waals surface area contributed by atoms with Crippen LogP contribution in [0.4, 0.5) is 0 Å². The predicted molar refractivity (Wildman–Crippen MR) is 116 cm³/mol. The molecule has 0 aromatic rings. The van der Waals surface area contributed by atoms with Gasteiger partial charge in [-0.05, 0) is 13.3 Å². The largest absolute Gasteiger partial charge is 1.00 e. The first kappa shape index (κ1) is 32.8. The van der Waals surface area contributed by atoms with Gasteiger partial charge in [0, 0.05) is 0 Å². The Bertz CT molecular complexity index is 591. The molecule has 0 fully saturated rings. The van der Waals surface area contributed by atoms with Crippen molar-refractivity contribution in [1.82, 2.24) is 0 Å². The third kappa shape index (κ3) is 20.0. The Hall–Kier alpha value is -0.410. The second-order valence-corrected chi connectivity index (χ2v) is 9.05. The Morgan fingerprint density at radius 3 is 1.81 bits per heavy atom. The van der Waals surface area contributed by atoms with E-state index in [4.69, 9.17) is 9.47 Å². The number of ether oxygens (including phenoxy) is 2. The molecule has 1 unspecified atom stereocenters. The number of unbranched alkanes of at least 4 members (excludes halogenated alkanes) is 11. The Kier molecular flexibility index (Phi) is 22.7. The maximum atomic E-state index is 11.9. The van der Waals surface area contributed by atoms with Crippen molar-refractivity contribution in [2.75, 3.05) is 13.2 Å². The van der Waals surface area contributed by atoms with Crippen LogP contribution in [0, 0.1) is 0 Å². The molecule has 0 saturated heterocycles. The number of esters is 2. The van der Waals surface area contributed by atoms with E-state index < -0.39 is 33.7 Å². The predicted octanol–water partition coefficient (Wildman–Crippen LogP) is 1.66. The Morgan fingerprint density at radius 1 is 0.871 bits per heavy atom. The van der Waals surface area contributed by atoms with Gasteiger partial charge >= 0.3 is 41.5 Å². The monoisotopic (exact) mass is 470 g/mol. The second kappa shape index (κ2) is 21.4. The van der Waals surface area contributed by atoms with E-state index >= 15 is 0 Å². The Balaban J connectivity index is 0. The van der Waals surface area contributed by atoms with E-state index in [1.54, 1.807) is 19.1 Å². The summed E-state index contributed by atoms with van der Waals surface area (Å²) in [4.78, 5) is 23.5. The molecule has 7 nitrogen and oxygen atoms in total. The molecule has 31 heavy (non-hydrogen) atoms. The Morgan fingerprint density at radius 2 is 1.35 bits per heavy atom. The summed E-state index contributed by atoms with van der Waals surface area (Å²) >= 11 is 0. The van der Waals surface area contributed by atoms with Gasteiger partial charge in [0.05, 0.1) is 13.0 Å². The molecule has 1 atom stereocenters. The molecule has 0 amide bonds. The van der Waals surface area contributed by atoms with Gasteiger partial charge in [-0.3, -0.25) is 9.59 Å². The molecule has 0 aliphatic carbocycles. The van der Waals surface area contributed by atoms with Crippen LogP contribution in [0.15, 0.2) is 12.2 Å². The summed E-state index contributed by atoms with van der Waals surface area (Å²) in [6.07, 6.45) is 16.3. The zero-order valence-corrected chi connectivity index (χ0v) is 22.4. The summed E-state index contributed by atoms with van der Waals surface area (Å²) < 4.78 is 43.5. The van der Waals surface area contributed by atoms with Gasteiger partial charge in [0.1, 0.15) is 16.7 Å². The summed E-state index contributed by atoms with van der Waals surface area (Å²) in [6, 6.07) is 0. The molecule has 176 valence electrons. The molecule has 0 bridgehead atoms. The second-order valence-electron chi connectivity index (χ2n) is 7.49. The normalized spacial score (nSPS) is 12.4. The molecule has 0 spiro atoms. The van der Waals surface area contributed by atoms with Crippen molar-refractivity contribution in [1.29, 1.82) is 0 Å². The maximum absolute atomic E-state index is 11.9. The van der Waals surface area contributed by atoms with Gasteiger partial charge in [-0.1, -0.05) is 89.7 Å². The van der Waals surface area contributed by atoms with Crippen LogP contribution in [0.25, 0.3) is 0 Å². The summed E-state index contributed by atoms with van der Waals surface area (Å²) in [5.74, 6) is -2.11. The fourth-order valence-electron chi connectivity index (χ4n) is 2.96. The van der Waals surface area contributed by atoms with Crippen molar-refractivity contribution in [3.63, 3.8) is 0 Å². The van der Waals surface area contributed by atoms with Crippen LogP contribution in [0.1, 0.15) is 97.3 Å². The average Bonchev–Trinajstić information content (AvgIpc) is 2.69. The summed E-state index contributed by atoms with van der Waals surface area (Å²) in [7, 11) is -5.00. The van der Waals surface area contributed by atoms with Crippen LogP contribution < -0.4 is 29.6 Å². The fraction of sp³-hybridized carbons (Fsp3) is 0.818. The number of carbonyl (C=O) groups is 2. The number of carbonyl (C=O) groups excluding carboxylic acids is 2. The molecule has 0 aliphatic rings. The van der Waals surface area contributed by atoms with Crippen molar-refractivity contribution in [3.8, 4) is 0 Å². The molecule has 0 radical (unpaired) electrons. The third-order valence-electron chi connectivity index (χ3n) is 4.78. The van der Waals surface area contributed by atoms with E-state index in [1.807, 2.05) is 0 Å². The van der Waals surface area contributed by atoms with E-state index in [-0.39, 0.29) is 42.8 Å². The average molecular weight is 471 g/mol. The zero-order chi connectivity index (χ0) is 22.7. The van der Waals surface area contributed by atoms with Gasteiger partial charge in [0.2, 0.25) is 0 Å². The summed E-state index contributed by atoms with van der Waals surface area (Å²) in [6.45, 7) is 3.94. The van der Waals surface area contributed by atoms with Crippen LogP contribution in [0.5, 0.6) is 0 Å². The smallest absolute Gasteiger partial charge is 0.747 e. The standard InChI is InChI=1S/C22H40O7S.Na/c1-3-5-7-8-9-10-11-12-13-14-15-16-18-29-22(24)20(30(25,26)27)19-21(23)28-17-6-4-2;/h4,6,20H,3,5,7-19H2,1-2H3,(H,25,26,27);/q;+1/p-1/b6-4+;. The first-order chi connectivity index (χ1) is 14.3. The van der Waals surface area contributed by atoms with Crippen LogP contribution in [0.3, 0.4) is 0 Å². The van der Waals surface area contributed by atoms with Crippen LogP contribution in [0.2, 0.25) is 0 Å². The topological polar surface area (TPSA) is 110 Å².